The Kier molecular flexibility index (Phi) is 9.94. The Morgan fingerprint density at radius 1 is 1.05 bits per heavy atom. The van der Waals surface area contributed by atoms with Crippen LogP contribution in [0.25, 0.3) is 0 Å². The molecule has 0 aliphatic rings. The maximum absolute atomic E-state index is 11.5. The summed E-state index contributed by atoms with van der Waals surface area (Å²) in [5.74, 6) is -0.575. The van der Waals surface area contributed by atoms with Crippen LogP contribution in [0, 0.1) is 11.3 Å². The van der Waals surface area contributed by atoms with E-state index in [1.165, 1.54) is 19.3 Å². The number of hydrogen-bond acceptors (Lipinski definition) is 3. The van der Waals surface area contributed by atoms with Crippen molar-refractivity contribution in [2.75, 3.05) is 0 Å². The molecule has 0 aromatic rings. The fourth-order valence-electron chi connectivity index (χ4n) is 2.32. The highest BCUT2D eigenvalue weighted by atomic mass is 17.1. The van der Waals surface area contributed by atoms with Gasteiger partial charge in [0.1, 0.15) is 0 Å². The predicted molar refractivity (Wildman–Crippen MR) is 78.9 cm³/mol. The maximum atomic E-state index is 11.5. The van der Waals surface area contributed by atoms with Crippen molar-refractivity contribution in [1.29, 1.82) is 0 Å². The quantitative estimate of drug-likeness (QED) is 0.338. The second-order valence-corrected chi connectivity index (χ2v) is 6.76. The van der Waals surface area contributed by atoms with Crippen LogP contribution in [0.1, 0.15) is 85.5 Å². The second kappa shape index (κ2) is 10.2. The molecule has 0 saturated carbocycles. The van der Waals surface area contributed by atoms with Crippen LogP contribution in [0.2, 0.25) is 0 Å². The smallest absolute Gasteiger partial charge is 0.301 e. The van der Waals surface area contributed by atoms with Crippen LogP contribution in [-0.2, 0) is 9.68 Å². The van der Waals surface area contributed by atoms with Gasteiger partial charge in [0.15, 0.2) is 0 Å². The predicted octanol–water partition coefficient (Wildman–Crippen LogP) is 5.20. The molecule has 1 unspecified atom stereocenters. The molecular formula is C16H32O3. The Bertz CT molecular complexity index is 231. The molecule has 1 atom stereocenters. The fraction of sp³-hybridized carbons (Fsp3) is 0.938. The van der Waals surface area contributed by atoms with Crippen molar-refractivity contribution in [3.63, 3.8) is 0 Å². The average molecular weight is 272 g/mol. The zero-order valence-corrected chi connectivity index (χ0v) is 13.2. The number of hydrogen-bond donors (Lipinski definition) is 1. The van der Waals surface area contributed by atoms with E-state index >= 15 is 0 Å². The van der Waals surface area contributed by atoms with Gasteiger partial charge in [-0.2, -0.15) is 5.26 Å². The molecule has 114 valence electrons. The number of carbonyl (C=O) groups excluding carboxylic acids is 1. The Balaban J connectivity index is 3.90. The normalized spacial score (nSPS) is 13.3. The van der Waals surface area contributed by atoms with Crippen molar-refractivity contribution in [3.05, 3.63) is 0 Å². The second-order valence-electron chi connectivity index (χ2n) is 6.76. The molecule has 0 aliphatic heterocycles. The Morgan fingerprint density at radius 2 is 1.63 bits per heavy atom. The Hall–Kier alpha value is -0.570. The first kappa shape index (κ1) is 18.4. The van der Waals surface area contributed by atoms with Crippen molar-refractivity contribution >= 4 is 5.97 Å². The molecule has 0 spiro atoms. The van der Waals surface area contributed by atoms with Gasteiger partial charge in [-0.05, 0) is 24.7 Å². The maximum Gasteiger partial charge on any atom is 0.345 e. The third-order valence-corrected chi connectivity index (χ3v) is 3.56. The fourth-order valence-corrected chi connectivity index (χ4v) is 2.32. The molecule has 0 aromatic heterocycles. The molecule has 19 heavy (non-hydrogen) atoms. The highest BCUT2D eigenvalue weighted by molar-refractivity contribution is 5.71. The van der Waals surface area contributed by atoms with Gasteiger partial charge in [0.05, 0.1) is 5.92 Å². The van der Waals surface area contributed by atoms with Gasteiger partial charge < -0.3 is 4.89 Å². The van der Waals surface area contributed by atoms with Gasteiger partial charge in [-0.25, -0.2) is 4.79 Å². The van der Waals surface area contributed by atoms with Crippen molar-refractivity contribution in [3.8, 4) is 0 Å². The topological polar surface area (TPSA) is 46.5 Å². The summed E-state index contributed by atoms with van der Waals surface area (Å²) in [6.07, 6.45) is 9.63. The molecular weight excluding hydrogens is 240 g/mol. The third-order valence-electron chi connectivity index (χ3n) is 3.56. The molecule has 0 amide bonds. The van der Waals surface area contributed by atoms with Gasteiger partial charge >= 0.3 is 5.97 Å². The largest absolute Gasteiger partial charge is 0.345 e. The first-order chi connectivity index (χ1) is 8.90. The van der Waals surface area contributed by atoms with Crippen LogP contribution in [0.3, 0.4) is 0 Å². The lowest BCUT2D eigenvalue weighted by Crippen LogP contribution is -2.17. The van der Waals surface area contributed by atoms with Gasteiger partial charge in [-0.15, -0.1) is 0 Å². The summed E-state index contributed by atoms with van der Waals surface area (Å²) in [4.78, 5) is 15.4. The highest BCUT2D eigenvalue weighted by Crippen LogP contribution is 2.24. The number of rotatable bonds is 10. The highest BCUT2D eigenvalue weighted by Gasteiger charge is 2.20. The van der Waals surface area contributed by atoms with E-state index < -0.39 is 5.97 Å². The SMILES string of the molecule is CCCCCCC(CCCCC(C)(C)C)C(=O)OO. The molecule has 0 saturated heterocycles. The van der Waals surface area contributed by atoms with Crippen LogP contribution in [0.15, 0.2) is 0 Å². The van der Waals surface area contributed by atoms with E-state index in [9.17, 15) is 4.79 Å². The molecule has 0 aromatic carbocycles. The Morgan fingerprint density at radius 3 is 2.11 bits per heavy atom. The lowest BCUT2D eigenvalue weighted by atomic mass is 9.88. The summed E-state index contributed by atoms with van der Waals surface area (Å²) in [5.41, 5.74) is 0.355. The third kappa shape index (κ3) is 11.0. The minimum Gasteiger partial charge on any atom is -0.301 e. The van der Waals surface area contributed by atoms with E-state index in [0.29, 0.717) is 5.41 Å². The van der Waals surface area contributed by atoms with Gasteiger partial charge in [0.2, 0.25) is 0 Å². The minimum atomic E-state index is -0.452. The van der Waals surface area contributed by atoms with Gasteiger partial charge in [-0.1, -0.05) is 66.2 Å². The first-order valence-corrected chi connectivity index (χ1v) is 7.76. The van der Waals surface area contributed by atoms with E-state index in [2.05, 4.69) is 32.6 Å². The van der Waals surface area contributed by atoms with Crippen molar-refractivity contribution < 1.29 is 14.9 Å². The van der Waals surface area contributed by atoms with Crippen LogP contribution < -0.4 is 0 Å². The van der Waals surface area contributed by atoms with E-state index in [1.54, 1.807) is 0 Å². The van der Waals surface area contributed by atoms with Gasteiger partial charge in [-0.3, -0.25) is 0 Å². The van der Waals surface area contributed by atoms with E-state index in [0.717, 1.165) is 38.5 Å². The van der Waals surface area contributed by atoms with Crippen molar-refractivity contribution in [2.45, 2.75) is 85.5 Å². The molecule has 3 heteroatoms. The standard InChI is InChI=1S/C16H32O3/c1-5-6-7-8-11-14(15(17)19-18)12-9-10-13-16(2,3)4/h14,18H,5-13H2,1-4H3. The summed E-state index contributed by atoms with van der Waals surface area (Å²) in [6, 6.07) is 0. The van der Waals surface area contributed by atoms with Crippen molar-refractivity contribution in [2.24, 2.45) is 11.3 Å². The molecule has 3 nitrogen and oxygen atoms in total. The molecule has 0 radical (unpaired) electrons. The molecule has 0 heterocycles. The van der Waals surface area contributed by atoms with Crippen LogP contribution >= 0.6 is 0 Å². The summed E-state index contributed by atoms with van der Waals surface area (Å²) in [5, 5.41) is 8.54. The summed E-state index contributed by atoms with van der Waals surface area (Å²) < 4.78 is 0. The van der Waals surface area contributed by atoms with E-state index in [4.69, 9.17) is 5.26 Å². The zero-order chi connectivity index (χ0) is 14.7. The van der Waals surface area contributed by atoms with E-state index in [1.807, 2.05) is 0 Å². The van der Waals surface area contributed by atoms with Crippen molar-refractivity contribution in [1.82, 2.24) is 0 Å². The molecule has 0 aliphatic carbocycles. The summed E-state index contributed by atoms with van der Waals surface area (Å²) >= 11 is 0. The number of unbranched alkanes of at least 4 members (excludes halogenated alkanes) is 4. The molecule has 0 fully saturated rings. The molecule has 0 rings (SSSR count). The van der Waals surface area contributed by atoms with Gasteiger partial charge in [0, 0.05) is 0 Å². The van der Waals surface area contributed by atoms with Gasteiger partial charge in [0.25, 0.3) is 0 Å². The minimum absolute atomic E-state index is 0.123. The molecule has 0 bridgehead atoms. The number of carbonyl (C=O) groups is 1. The lowest BCUT2D eigenvalue weighted by Gasteiger charge is -2.18. The van der Waals surface area contributed by atoms with E-state index in [-0.39, 0.29) is 5.92 Å². The average Bonchev–Trinajstić information content (AvgIpc) is 2.34. The van der Waals surface area contributed by atoms with Crippen LogP contribution in [0.5, 0.6) is 0 Å². The summed E-state index contributed by atoms with van der Waals surface area (Å²) in [6.45, 7) is 8.87. The summed E-state index contributed by atoms with van der Waals surface area (Å²) in [7, 11) is 0. The van der Waals surface area contributed by atoms with Crippen LogP contribution in [-0.4, -0.2) is 11.2 Å². The zero-order valence-electron chi connectivity index (χ0n) is 13.2. The first-order valence-electron chi connectivity index (χ1n) is 7.76. The molecule has 1 N–H and O–H groups in total. The Labute approximate surface area is 118 Å². The van der Waals surface area contributed by atoms with Crippen LogP contribution in [0.4, 0.5) is 0 Å². The monoisotopic (exact) mass is 272 g/mol. The lowest BCUT2D eigenvalue weighted by molar-refractivity contribution is -0.239.